The predicted octanol–water partition coefficient (Wildman–Crippen LogP) is 3.32. The van der Waals surface area contributed by atoms with Crippen LogP contribution in [0.15, 0.2) is 22.8 Å². The molecule has 0 saturated heterocycles. The van der Waals surface area contributed by atoms with Crippen molar-refractivity contribution in [1.82, 2.24) is 4.98 Å². The van der Waals surface area contributed by atoms with E-state index in [1.807, 2.05) is 12.1 Å². The van der Waals surface area contributed by atoms with Crippen molar-refractivity contribution in [2.75, 3.05) is 25.6 Å². The van der Waals surface area contributed by atoms with Crippen molar-refractivity contribution < 1.29 is 4.74 Å². The number of nitrogens with one attached hydrogen (secondary N) is 1. The number of ether oxygens (including phenoxy) is 1. The standard InChI is InChI=1S/C12H19BrN2O/c1-12(2,6-8-16-3)9-15-11-10(13)5-4-7-14-11/h4-5,7H,6,8-9H2,1-3H3,(H,14,15). The second-order valence-electron chi connectivity index (χ2n) is 4.59. The Bertz CT molecular complexity index is 329. The topological polar surface area (TPSA) is 34.1 Å². The fourth-order valence-corrected chi connectivity index (χ4v) is 1.70. The van der Waals surface area contributed by atoms with Gasteiger partial charge in [0.2, 0.25) is 0 Å². The highest BCUT2D eigenvalue weighted by atomic mass is 79.9. The van der Waals surface area contributed by atoms with Gasteiger partial charge in [-0.3, -0.25) is 0 Å². The molecule has 3 nitrogen and oxygen atoms in total. The van der Waals surface area contributed by atoms with Crippen molar-refractivity contribution in [2.45, 2.75) is 20.3 Å². The Labute approximate surface area is 106 Å². The Kier molecular flexibility index (Phi) is 5.22. The molecule has 0 spiro atoms. The Balaban J connectivity index is 2.47. The number of hydrogen-bond acceptors (Lipinski definition) is 3. The fourth-order valence-electron chi connectivity index (χ4n) is 1.31. The van der Waals surface area contributed by atoms with Gasteiger partial charge in [0.05, 0.1) is 4.47 Å². The van der Waals surface area contributed by atoms with Crippen LogP contribution in [0.4, 0.5) is 5.82 Å². The van der Waals surface area contributed by atoms with Gasteiger partial charge >= 0.3 is 0 Å². The van der Waals surface area contributed by atoms with Crippen molar-refractivity contribution in [1.29, 1.82) is 0 Å². The molecule has 0 aromatic carbocycles. The molecule has 0 atom stereocenters. The van der Waals surface area contributed by atoms with E-state index in [-0.39, 0.29) is 5.41 Å². The van der Waals surface area contributed by atoms with Crippen LogP contribution in [0.5, 0.6) is 0 Å². The van der Waals surface area contributed by atoms with E-state index in [4.69, 9.17) is 4.74 Å². The third kappa shape index (κ3) is 4.49. The Morgan fingerprint density at radius 2 is 2.25 bits per heavy atom. The van der Waals surface area contributed by atoms with Gasteiger partial charge in [-0.25, -0.2) is 4.98 Å². The molecule has 0 radical (unpaired) electrons. The van der Waals surface area contributed by atoms with E-state index in [0.29, 0.717) is 0 Å². The molecule has 0 fully saturated rings. The van der Waals surface area contributed by atoms with Gasteiger partial charge in [0.15, 0.2) is 0 Å². The van der Waals surface area contributed by atoms with Gasteiger partial charge in [0.25, 0.3) is 0 Å². The summed E-state index contributed by atoms with van der Waals surface area (Å²) in [5, 5.41) is 3.35. The molecule has 0 aliphatic heterocycles. The van der Waals surface area contributed by atoms with E-state index in [0.717, 1.165) is 29.9 Å². The summed E-state index contributed by atoms with van der Waals surface area (Å²) in [6.07, 6.45) is 2.82. The van der Waals surface area contributed by atoms with E-state index >= 15 is 0 Å². The first kappa shape index (κ1) is 13.5. The smallest absolute Gasteiger partial charge is 0.140 e. The van der Waals surface area contributed by atoms with E-state index in [2.05, 4.69) is 40.1 Å². The minimum absolute atomic E-state index is 0.201. The summed E-state index contributed by atoms with van der Waals surface area (Å²) >= 11 is 3.47. The van der Waals surface area contributed by atoms with Gasteiger partial charge in [-0.15, -0.1) is 0 Å². The zero-order chi connectivity index (χ0) is 12.0. The minimum Gasteiger partial charge on any atom is -0.385 e. The number of rotatable bonds is 6. The van der Waals surface area contributed by atoms with Crippen molar-refractivity contribution in [3.8, 4) is 0 Å². The maximum atomic E-state index is 5.10. The number of methoxy groups -OCH3 is 1. The van der Waals surface area contributed by atoms with Crippen LogP contribution in [-0.2, 0) is 4.74 Å². The van der Waals surface area contributed by atoms with Crippen LogP contribution < -0.4 is 5.32 Å². The third-order valence-electron chi connectivity index (χ3n) is 2.48. The van der Waals surface area contributed by atoms with Crippen molar-refractivity contribution in [3.63, 3.8) is 0 Å². The molecule has 16 heavy (non-hydrogen) atoms. The molecular formula is C12H19BrN2O. The first-order valence-electron chi connectivity index (χ1n) is 5.38. The van der Waals surface area contributed by atoms with Gasteiger partial charge < -0.3 is 10.1 Å². The van der Waals surface area contributed by atoms with Gasteiger partial charge in [-0.05, 0) is 39.9 Å². The van der Waals surface area contributed by atoms with Crippen LogP contribution in [0.3, 0.4) is 0 Å². The second kappa shape index (κ2) is 6.21. The molecule has 1 N–H and O–H groups in total. The van der Waals surface area contributed by atoms with Crippen LogP contribution in [0.25, 0.3) is 0 Å². The van der Waals surface area contributed by atoms with E-state index < -0.39 is 0 Å². The summed E-state index contributed by atoms with van der Waals surface area (Å²) in [4.78, 5) is 4.27. The van der Waals surface area contributed by atoms with Crippen LogP contribution >= 0.6 is 15.9 Å². The van der Waals surface area contributed by atoms with Crippen LogP contribution in [0, 0.1) is 5.41 Å². The Morgan fingerprint density at radius 1 is 1.50 bits per heavy atom. The number of halogens is 1. The summed E-state index contributed by atoms with van der Waals surface area (Å²) in [6.45, 7) is 6.11. The molecule has 4 heteroatoms. The normalized spacial score (nSPS) is 11.5. The summed E-state index contributed by atoms with van der Waals surface area (Å²) in [5.41, 5.74) is 0.201. The third-order valence-corrected chi connectivity index (χ3v) is 3.12. The molecule has 0 bridgehead atoms. The number of aromatic nitrogens is 1. The predicted molar refractivity (Wildman–Crippen MR) is 70.7 cm³/mol. The number of anilines is 1. The van der Waals surface area contributed by atoms with E-state index in [9.17, 15) is 0 Å². The fraction of sp³-hybridized carbons (Fsp3) is 0.583. The molecule has 90 valence electrons. The first-order chi connectivity index (χ1) is 7.55. The molecule has 0 aliphatic carbocycles. The maximum absolute atomic E-state index is 5.10. The average molecular weight is 287 g/mol. The van der Waals surface area contributed by atoms with Gasteiger partial charge in [0, 0.05) is 26.5 Å². The second-order valence-corrected chi connectivity index (χ2v) is 5.45. The van der Waals surface area contributed by atoms with Gasteiger partial charge in [0.1, 0.15) is 5.82 Å². The van der Waals surface area contributed by atoms with Crippen molar-refractivity contribution in [2.24, 2.45) is 5.41 Å². The number of nitrogens with zero attached hydrogens (tertiary/aromatic N) is 1. The lowest BCUT2D eigenvalue weighted by Gasteiger charge is -2.25. The quantitative estimate of drug-likeness (QED) is 0.871. The van der Waals surface area contributed by atoms with Crippen molar-refractivity contribution in [3.05, 3.63) is 22.8 Å². The monoisotopic (exact) mass is 286 g/mol. The van der Waals surface area contributed by atoms with E-state index in [1.165, 1.54) is 0 Å². The summed E-state index contributed by atoms with van der Waals surface area (Å²) in [5.74, 6) is 0.896. The van der Waals surface area contributed by atoms with Gasteiger partial charge in [-0.2, -0.15) is 0 Å². The minimum atomic E-state index is 0.201. The lowest BCUT2D eigenvalue weighted by Crippen LogP contribution is -2.25. The molecular weight excluding hydrogens is 268 g/mol. The highest BCUT2D eigenvalue weighted by molar-refractivity contribution is 9.10. The summed E-state index contributed by atoms with van der Waals surface area (Å²) in [6, 6.07) is 3.89. The summed E-state index contributed by atoms with van der Waals surface area (Å²) < 4.78 is 6.10. The average Bonchev–Trinajstić information content (AvgIpc) is 2.26. The van der Waals surface area contributed by atoms with Crippen LogP contribution in [-0.4, -0.2) is 25.2 Å². The van der Waals surface area contributed by atoms with Crippen molar-refractivity contribution >= 4 is 21.7 Å². The maximum Gasteiger partial charge on any atom is 0.140 e. The van der Waals surface area contributed by atoms with Gasteiger partial charge in [-0.1, -0.05) is 13.8 Å². The highest BCUT2D eigenvalue weighted by Crippen LogP contribution is 2.23. The number of hydrogen-bond donors (Lipinski definition) is 1. The molecule has 0 aliphatic rings. The Hall–Kier alpha value is -0.610. The first-order valence-corrected chi connectivity index (χ1v) is 6.18. The lowest BCUT2D eigenvalue weighted by atomic mass is 9.90. The molecule has 1 aromatic rings. The van der Waals surface area contributed by atoms with E-state index in [1.54, 1.807) is 13.3 Å². The largest absolute Gasteiger partial charge is 0.385 e. The van der Waals surface area contributed by atoms with Crippen LogP contribution in [0.2, 0.25) is 0 Å². The summed E-state index contributed by atoms with van der Waals surface area (Å²) in [7, 11) is 1.73. The zero-order valence-corrected chi connectivity index (χ0v) is 11.7. The molecule has 1 aromatic heterocycles. The SMILES string of the molecule is COCCC(C)(C)CNc1ncccc1Br. The lowest BCUT2D eigenvalue weighted by molar-refractivity contribution is 0.157. The number of pyridine rings is 1. The zero-order valence-electron chi connectivity index (χ0n) is 10.1. The highest BCUT2D eigenvalue weighted by Gasteiger charge is 2.17. The van der Waals surface area contributed by atoms with Crippen LogP contribution in [0.1, 0.15) is 20.3 Å². The molecule has 1 rings (SSSR count). The molecule has 0 saturated carbocycles. The molecule has 0 unspecified atom stereocenters. The molecule has 0 amide bonds. The Morgan fingerprint density at radius 3 is 2.88 bits per heavy atom. The molecule has 1 heterocycles.